The number of hydrogen-bond acceptors (Lipinski definition) is 3. The van der Waals surface area contributed by atoms with Gasteiger partial charge in [-0.2, -0.15) is 0 Å². The van der Waals surface area contributed by atoms with E-state index in [2.05, 4.69) is 13.2 Å². The minimum absolute atomic E-state index is 0.0227. The number of ether oxygens (including phenoxy) is 1. The van der Waals surface area contributed by atoms with Crippen LogP contribution in [0.2, 0.25) is 0 Å². The number of fused-ring (bicyclic) bond motifs is 1. The van der Waals surface area contributed by atoms with E-state index in [1.165, 1.54) is 0 Å². The Balaban J connectivity index is 2.23. The van der Waals surface area contributed by atoms with Gasteiger partial charge >= 0.3 is 5.97 Å². The summed E-state index contributed by atoms with van der Waals surface area (Å²) in [5, 5.41) is 9.93. The maximum absolute atomic E-state index is 11.6. The number of carbonyl (C=O) groups is 1. The molecule has 0 aromatic carbocycles. The van der Waals surface area contributed by atoms with Gasteiger partial charge in [0.1, 0.15) is 6.10 Å². The molecule has 18 heavy (non-hydrogen) atoms. The summed E-state index contributed by atoms with van der Waals surface area (Å²) in [6.07, 6.45) is 4.33. The highest BCUT2D eigenvalue weighted by Crippen LogP contribution is 2.34. The molecule has 0 spiro atoms. The molecule has 2 rings (SSSR count). The van der Waals surface area contributed by atoms with Crippen molar-refractivity contribution in [3.05, 3.63) is 36.0 Å². The number of rotatable bonds is 0. The van der Waals surface area contributed by atoms with Crippen molar-refractivity contribution in [2.24, 2.45) is 5.92 Å². The fraction of sp³-hybridized carbons (Fsp3) is 0.533. The lowest BCUT2D eigenvalue weighted by Gasteiger charge is -2.21. The number of aliphatic hydroxyl groups excluding tert-OH is 1. The van der Waals surface area contributed by atoms with Gasteiger partial charge < -0.3 is 9.84 Å². The Bertz CT molecular complexity index is 419. The van der Waals surface area contributed by atoms with Crippen LogP contribution in [0.4, 0.5) is 0 Å². The highest BCUT2D eigenvalue weighted by molar-refractivity contribution is 5.91. The zero-order valence-corrected chi connectivity index (χ0v) is 10.8. The zero-order chi connectivity index (χ0) is 13.3. The summed E-state index contributed by atoms with van der Waals surface area (Å²) in [6.45, 7) is 9.75. The molecule has 3 atom stereocenters. The molecule has 98 valence electrons. The fourth-order valence-electron chi connectivity index (χ4n) is 2.56. The average Bonchev–Trinajstić information content (AvgIpc) is 2.58. The van der Waals surface area contributed by atoms with Crippen LogP contribution >= 0.6 is 0 Å². The van der Waals surface area contributed by atoms with Crippen molar-refractivity contribution in [3.63, 3.8) is 0 Å². The van der Waals surface area contributed by atoms with Crippen molar-refractivity contribution in [3.8, 4) is 0 Å². The van der Waals surface area contributed by atoms with E-state index in [0.29, 0.717) is 18.4 Å². The number of hydrogen-bond donors (Lipinski definition) is 1. The number of allylic oxidation sites excluding steroid dienone is 1. The van der Waals surface area contributed by atoms with Crippen molar-refractivity contribution in [2.75, 3.05) is 0 Å². The van der Waals surface area contributed by atoms with Crippen molar-refractivity contribution in [1.82, 2.24) is 0 Å². The third-order valence-corrected chi connectivity index (χ3v) is 3.86. The maximum atomic E-state index is 11.6. The quantitative estimate of drug-likeness (QED) is 0.407. The topological polar surface area (TPSA) is 46.5 Å². The van der Waals surface area contributed by atoms with Crippen LogP contribution in [-0.2, 0) is 9.53 Å². The number of carbonyl (C=O) groups excluding carboxylic acids is 1. The van der Waals surface area contributed by atoms with Crippen LogP contribution in [0, 0.1) is 5.92 Å². The highest BCUT2D eigenvalue weighted by atomic mass is 16.5. The lowest BCUT2D eigenvalue weighted by Crippen LogP contribution is -2.18. The van der Waals surface area contributed by atoms with Crippen LogP contribution in [0.15, 0.2) is 36.0 Å². The Labute approximate surface area is 108 Å². The SMILES string of the molecule is C=C1CCC2C(=C)C(=O)OC2C=C(C)CCC1O. The van der Waals surface area contributed by atoms with Crippen LogP contribution in [0.25, 0.3) is 0 Å². The third kappa shape index (κ3) is 2.56. The third-order valence-electron chi connectivity index (χ3n) is 3.86. The molecule has 0 aromatic heterocycles. The molecule has 3 heteroatoms. The van der Waals surface area contributed by atoms with Crippen LogP contribution < -0.4 is 0 Å². The second-order valence-electron chi connectivity index (χ2n) is 5.27. The molecule has 0 radical (unpaired) electrons. The van der Waals surface area contributed by atoms with Crippen molar-refractivity contribution in [2.45, 2.75) is 44.8 Å². The summed E-state index contributed by atoms with van der Waals surface area (Å²) in [5.74, 6) is -0.269. The van der Waals surface area contributed by atoms with E-state index in [9.17, 15) is 9.90 Å². The van der Waals surface area contributed by atoms with Gasteiger partial charge in [-0.05, 0) is 44.3 Å². The Morgan fingerprint density at radius 2 is 2.06 bits per heavy atom. The first-order valence-corrected chi connectivity index (χ1v) is 6.42. The smallest absolute Gasteiger partial charge is 0.334 e. The van der Waals surface area contributed by atoms with Crippen molar-refractivity contribution >= 4 is 5.97 Å². The Morgan fingerprint density at radius 1 is 1.33 bits per heavy atom. The Kier molecular flexibility index (Phi) is 3.71. The minimum atomic E-state index is -0.448. The summed E-state index contributed by atoms with van der Waals surface area (Å²) in [7, 11) is 0. The monoisotopic (exact) mass is 248 g/mol. The van der Waals surface area contributed by atoms with E-state index < -0.39 is 6.10 Å². The van der Waals surface area contributed by atoms with Gasteiger partial charge in [0, 0.05) is 11.5 Å². The van der Waals surface area contributed by atoms with Gasteiger partial charge in [0.2, 0.25) is 0 Å². The largest absolute Gasteiger partial charge is 0.454 e. The molecule has 1 N–H and O–H groups in total. The zero-order valence-electron chi connectivity index (χ0n) is 10.8. The first kappa shape index (κ1) is 13.1. The summed E-state index contributed by atoms with van der Waals surface area (Å²) in [6, 6.07) is 0. The molecule has 1 aliphatic carbocycles. The number of esters is 1. The molecule has 1 aliphatic heterocycles. The standard InChI is InChI=1S/C15H20O3/c1-9-4-7-13(16)10(2)5-6-12-11(3)15(17)18-14(12)8-9/h8,12-14,16H,2-7H2,1H3. The van der Waals surface area contributed by atoms with E-state index in [4.69, 9.17) is 4.74 Å². The predicted molar refractivity (Wildman–Crippen MR) is 69.9 cm³/mol. The molecule has 1 saturated heterocycles. The molecule has 0 aromatic rings. The van der Waals surface area contributed by atoms with Gasteiger partial charge in [-0.15, -0.1) is 0 Å². The first-order valence-electron chi connectivity index (χ1n) is 6.42. The van der Waals surface area contributed by atoms with Crippen molar-refractivity contribution < 1.29 is 14.6 Å². The molecular formula is C15H20O3. The molecule has 3 nitrogen and oxygen atoms in total. The van der Waals surface area contributed by atoms with E-state index in [1.807, 2.05) is 13.0 Å². The molecule has 3 unspecified atom stereocenters. The molecular weight excluding hydrogens is 228 g/mol. The Hall–Kier alpha value is -1.35. The number of aliphatic hydroxyl groups is 1. The normalized spacial score (nSPS) is 33.8. The van der Waals surface area contributed by atoms with E-state index in [-0.39, 0.29) is 18.0 Å². The van der Waals surface area contributed by atoms with Gasteiger partial charge in [0.25, 0.3) is 0 Å². The summed E-state index contributed by atoms with van der Waals surface area (Å²) in [5.41, 5.74) is 2.53. The average molecular weight is 248 g/mol. The lowest BCUT2D eigenvalue weighted by atomic mass is 9.86. The van der Waals surface area contributed by atoms with E-state index in [0.717, 1.165) is 24.0 Å². The maximum Gasteiger partial charge on any atom is 0.334 e. The molecule has 1 heterocycles. The molecule has 0 saturated carbocycles. The van der Waals surface area contributed by atoms with E-state index >= 15 is 0 Å². The summed E-state index contributed by atoms with van der Waals surface area (Å²) < 4.78 is 5.33. The lowest BCUT2D eigenvalue weighted by molar-refractivity contribution is -0.137. The highest BCUT2D eigenvalue weighted by Gasteiger charge is 2.37. The van der Waals surface area contributed by atoms with Crippen LogP contribution in [0.3, 0.4) is 0 Å². The molecule has 0 amide bonds. The predicted octanol–water partition coefficient (Wildman–Crippen LogP) is 2.52. The van der Waals surface area contributed by atoms with Crippen molar-refractivity contribution in [1.29, 1.82) is 0 Å². The summed E-state index contributed by atoms with van der Waals surface area (Å²) in [4.78, 5) is 11.6. The minimum Gasteiger partial charge on any atom is -0.454 e. The first-order chi connectivity index (χ1) is 8.49. The van der Waals surface area contributed by atoms with Crippen LogP contribution in [0.5, 0.6) is 0 Å². The van der Waals surface area contributed by atoms with Gasteiger partial charge in [-0.25, -0.2) is 4.79 Å². The van der Waals surface area contributed by atoms with Gasteiger partial charge in [-0.1, -0.05) is 18.7 Å². The van der Waals surface area contributed by atoms with Gasteiger partial charge in [-0.3, -0.25) is 0 Å². The molecule has 2 aliphatic rings. The fourth-order valence-corrected chi connectivity index (χ4v) is 2.56. The van der Waals surface area contributed by atoms with Crippen LogP contribution in [-0.4, -0.2) is 23.3 Å². The molecule has 0 bridgehead atoms. The Morgan fingerprint density at radius 3 is 2.78 bits per heavy atom. The van der Waals surface area contributed by atoms with E-state index in [1.54, 1.807) is 0 Å². The molecule has 1 fully saturated rings. The second-order valence-corrected chi connectivity index (χ2v) is 5.27. The van der Waals surface area contributed by atoms with Gasteiger partial charge in [0.15, 0.2) is 0 Å². The van der Waals surface area contributed by atoms with Gasteiger partial charge in [0.05, 0.1) is 6.10 Å². The summed E-state index contributed by atoms with van der Waals surface area (Å²) >= 11 is 0. The second kappa shape index (κ2) is 5.11. The van der Waals surface area contributed by atoms with Crippen LogP contribution in [0.1, 0.15) is 32.6 Å².